The molecule has 20 heavy (non-hydrogen) atoms. The Balaban J connectivity index is 1.71. The molecule has 1 heterocycles. The van der Waals surface area contributed by atoms with Gasteiger partial charge in [-0.1, -0.05) is 59.8 Å². The number of aromatic nitrogens is 2. The van der Waals surface area contributed by atoms with Gasteiger partial charge in [0.1, 0.15) is 0 Å². The van der Waals surface area contributed by atoms with Gasteiger partial charge in [-0.3, -0.25) is 0 Å². The van der Waals surface area contributed by atoms with Crippen LogP contribution in [0.5, 0.6) is 0 Å². The Kier molecular flexibility index (Phi) is 4.04. The summed E-state index contributed by atoms with van der Waals surface area (Å²) in [6, 6.07) is 17.5. The van der Waals surface area contributed by atoms with Gasteiger partial charge in [0.2, 0.25) is 5.89 Å². The third kappa shape index (κ3) is 3.03. The molecular formula is C15H11ClN2OS. The fraction of sp³-hybridized carbons (Fsp3) is 0.0667. The number of thioether (sulfide) groups is 1. The summed E-state index contributed by atoms with van der Waals surface area (Å²) in [5.74, 6) is 1.24. The number of halogens is 1. The molecule has 0 N–H and O–H groups in total. The minimum absolute atomic E-state index is 0.534. The summed E-state index contributed by atoms with van der Waals surface area (Å²) < 4.78 is 5.63. The molecule has 0 atom stereocenters. The predicted octanol–water partition coefficient (Wildman–Crippen LogP) is 4.68. The Bertz CT molecular complexity index is 700. The fourth-order valence-corrected chi connectivity index (χ4v) is 2.77. The molecule has 0 aliphatic heterocycles. The highest BCUT2D eigenvalue weighted by molar-refractivity contribution is 7.98. The van der Waals surface area contributed by atoms with Crippen LogP contribution in [0.4, 0.5) is 0 Å². The zero-order valence-corrected chi connectivity index (χ0v) is 12.1. The first-order chi connectivity index (χ1) is 9.83. The molecule has 3 rings (SSSR count). The quantitative estimate of drug-likeness (QED) is 0.656. The second kappa shape index (κ2) is 6.11. The first-order valence-corrected chi connectivity index (χ1v) is 7.44. The fourth-order valence-electron chi connectivity index (χ4n) is 1.72. The minimum atomic E-state index is 0.534. The van der Waals surface area contributed by atoms with Crippen molar-refractivity contribution in [2.45, 2.75) is 11.0 Å². The largest absolute Gasteiger partial charge is 0.411 e. The first-order valence-electron chi connectivity index (χ1n) is 6.08. The first kappa shape index (κ1) is 13.2. The maximum absolute atomic E-state index is 6.11. The van der Waals surface area contributed by atoms with Crippen LogP contribution in [0.25, 0.3) is 11.5 Å². The van der Waals surface area contributed by atoms with Gasteiger partial charge in [0.05, 0.1) is 0 Å². The van der Waals surface area contributed by atoms with E-state index in [4.69, 9.17) is 16.0 Å². The van der Waals surface area contributed by atoms with Gasteiger partial charge in [-0.2, -0.15) is 0 Å². The van der Waals surface area contributed by atoms with E-state index in [2.05, 4.69) is 10.2 Å². The molecule has 0 saturated carbocycles. The number of hydrogen-bond donors (Lipinski definition) is 0. The van der Waals surface area contributed by atoms with Gasteiger partial charge >= 0.3 is 0 Å². The summed E-state index contributed by atoms with van der Waals surface area (Å²) in [6.07, 6.45) is 0. The van der Waals surface area contributed by atoms with Gasteiger partial charge < -0.3 is 4.42 Å². The average Bonchev–Trinajstić information content (AvgIpc) is 2.96. The summed E-state index contributed by atoms with van der Waals surface area (Å²) in [6.45, 7) is 0. The van der Waals surface area contributed by atoms with Crippen molar-refractivity contribution in [3.63, 3.8) is 0 Å². The van der Waals surface area contributed by atoms with Gasteiger partial charge in [0.15, 0.2) is 0 Å². The van der Waals surface area contributed by atoms with Gasteiger partial charge in [-0.05, 0) is 23.8 Å². The minimum Gasteiger partial charge on any atom is -0.411 e. The predicted molar refractivity (Wildman–Crippen MR) is 80.7 cm³/mol. The van der Waals surface area contributed by atoms with Crippen LogP contribution in [0.15, 0.2) is 64.2 Å². The van der Waals surface area contributed by atoms with E-state index in [9.17, 15) is 0 Å². The van der Waals surface area contributed by atoms with Crippen LogP contribution in [0.2, 0.25) is 5.02 Å². The standard InChI is InChI=1S/C15H11ClN2OS/c16-13-9-5-4-8-12(13)10-20-15-18-17-14(19-15)11-6-2-1-3-7-11/h1-9H,10H2. The van der Waals surface area contributed by atoms with Crippen molar-refractivity contribution < 1.29 is 4.42 Å². The Labute approximate surface area is 126 Å². The average molecular weight is 303 g/mol. The molecular weight excluding hydrogens is 292 g/mol. The Morgan fingerprint density at radius 3 is 2.50 bits per heavy atom. The third-order valence-electron chi connectivity index (χ3n) is 2.74. The van der Waals surface area contributed by atoms with E-state index in [1.54, 1.807) is 0 Å². The lowest BCUT2D eigenvalue weighted by molar-refractivity contribution is 0.466. The molecule has 0 radical (unpaired) electrons. The van der Waals surface area contributed by atoms with Crippen molar-refractivity contribution in [3.05, 3.63) is 65.2 Å². The van der Waals surface area contributed by atoms with Crippen molar-refractivity contribution in [3.8, 4) is 11.5 Å². The lowest BCUT2D eigenvalue weighted by atomic mass is 10.2. The van der Waals surface area contributed by atoms with Gasteiger partial charge in [-0.15, -0.1) is 10.2 Å². The van der Waals surface area contributed by atoms with Crippen molar-refractivity contribution >= 4 is 23.4 Å². The lowest BCUT2D eigenvalue weighted by Gasteiger charge is -2.00. The van der Waals surface area contributed by atoms with Gasteiger partial charge in [-0.25, -0.2) is 0 Å². The third-order valence-corrected chi connectivity index (χ3v) is 3.97. The van der Waals surface area contributed by atoms with Gasteiger partial charge in [0.25, 0.3) is 5.22 Å². The molecule has 2 aromatic carbocycles. The molecule has 0 saturated heterocycles. The summed E-state index contributed by atoms with van der Waals surface area (Å²) in [5, 5.41) is 9.39. The van der Waals surface area contributed by atoms with E-state index < -0.39 is 0 Å². The summed E-state index contributed by atoms with van der Waals surface area (Å²) in [5.41, 5.74) is 1.98. The molecule has 5 heteroatoms. The normalized spacial score (nSPS) is 10.7. The highest BCUT2D eigenvalue weighted by Crippen LogP contribution is 2.27. The molecule has 0 spiro atoms. The smallest absolute Gasteiger partial charge is 0.277 e. The molecule has 0 fully saturated rings. The van der Waals surface area contributed by atoms with Crippen molar-refractivity contribution in [2.75, 3.05) is 0 Å². The molecule has 3 aromatic rings. The molecule has 0 amide bonds. The second-order valence-electron chi connectivity index (χ2n) is 4.12. The molecule has 0 unspecified atom stereocenters. The summed E-state index contributed by atoms with van der Waals surface area (Å²) in [4.78, 5) is 0. The topological polar surface area (TPSA) is 38.9 Å². The second-order valence-corrected chi connectivity index (χ2v) is 5.45. The maximum Gasteiger partial charge on any atom is 0.277 e. The van der Waals surface area contributed by atoms with E-state index in [1.165, 1.54) is 11.8 Å². The Morgan fingerprint density at radius 1 is 0.950 bits per heavy atom. The molecule has 0 aliphatic carbocycles. The molecule has 3 nitrogen and oxygen atoms in total. The van der Waals surface area contributed by atoms with E-state index in [0.29, 0.717) is 16.9 Å². The zero-order chi connectivity index (χ0) is 13.8. The van der Waals surface area contributed by atoms with Crippen molar-refractivity contribution in [1.82, 2.24) is 10.2 Å². The number of hydrogen-bond acceptors (Lipinski definition) is 4. The Hall–Kier alpha value is -1.78. The van der Waals surface area contributed by atoms with E-state index in [1.807, 2.05) is 54.6 Å². The summed E-state index contributed by atoms with van der Waals surface area (Å²) in [7, 11) is 0. The SMILES string of the molecule is Clc1ccccc1CSc1nnc(-c2ccccc2)o1. The number of rotatable bonds is 4. The Morgan fingerprint density at radius 2 is 1.70 bits per heavy atom. The van der Waals surface area contributed by atoms with Crippen LogP contribution in [-0.2, 0) is 5.75 Å². The monoisotopic (exact) mass is 302 g/mol. The zero-order valence-electron chi connectivity index (χ0n) is 10.5. The molecule has 100 valence electrons. The summed E-state index contributed by atoms with van der Waals surface area (Å²) >= 11 is 7.59. The molecule has 1 aromatic heterocycles. The van der Waals surface area contributed by atoms with Crippen molar-refractivity contribution in [1.29, 1.82) is 0 Å². The van der Waals surface area contributed by atoms with E-state index >= 15 is 0 Å². The highest BCUT2D eigenvalue weighted by Gasteiger charge is 2.09. The van der Waals surface area contributed by atoms with Crippen molar-refractivity contribution in [2.24, 2.45) is 0 Å². The van der Waals surface area contributed by atoms with Crippen LogP contribution in [0.1, 0.15) is 5.56 Å². The molecule has 0 aliphatic rings. The maximum atomic E-state index is 6.11. The van der Waals surface area contributed by atoms with E-state index in [-0.39, 0.29) is 0 Å². The van der Waals surface area contributed by atoms with Crippen LogP contribution >= 0.6 is 23.4 Å². The van der Waals surface area contributed by atoms with Crippen LogP contribution in [-0.4, -0.2) is 10.2 Å². The van der Waals surface area contributed by atoms with Crippen LogP contribution < -0.4 is 0 Å². The number of nitrogens with zero attached hydrogens (tertiary/aromatic N) is 2. The molecule has 0 bridgehead atoms. The van der Waals surface area contributed by atoms with Crippen LogP contribution in [0, 0.1) is 0 Å². The van der Waals surface area contributed by atoms with Crippen LogP contribution in [0.3, 0.4) is 0 Å². The van der Waals surface area contributed by atoms with Gasteiger partial charge in [0, 0.05) is 16.3 Å². The highest BCUT2D eigenvalue weighted by atomic mass is 35.5. The lowest BCUT2D eigenvalue weighted by Crippen LogP contribution is -1.81. The van der Waals surface area contributed by atoms with E-state index in [0.717, 1.165) is 16.1 Å². The number of benzene rings is 2.